The summed E-state index contributed by atoms with van der Waals surface area (Å²) in [4.78, 5) is 36.1. The van der Waals surface area contributed by atoms with Gasteiger partial charge in [0.2, 0.25) is 5.91 Å². The van der Waals surface area contributed by atoms with Gasteiger partial charge in [-0.25, -0.2) is 9.18 Å². The van der Waals surface area contributed by atoms with E-state index in [1.807, 2.05) is 25.3 Å². The van der Waals surface area contributed by atoms with Gasteiger partial charge in [-0.2, -0.15) is 0 Å². The molecule has 3 N–H and O–H groups in total. The molecular weight excluding hydrogens is 473 g/mol. The summed E-state index contributed by atoms with van der Waals surface area (Å²) >= 11 is 1.20. The maximum Gasteiger partial charge on any atom is 0.335 e. The Hall–Kier alpha value is -3.73. The molecule has 0 aliphatic carbocycles. The fourth-order valence-electron chi connectivity index (χ4n) is 3.31. The van der Waals surface area contributed by atoms with Crippen molar-refractivity contribution in [3.63, 3.8) is 0 Å². The first-order chi connectivity index (χ1) is 16.7. The number of aromatic nitrogens is 3. The summed E-state index contributed by atoms with van der Waals surface area (Å²) in [6.07, 6.45) is 0. The number of nitrogens with one attached hydrogen (secondary N) is 2. The van der Waals surface area contributed by atoms with Gasteiger partial charge >= 0.3 is 5.97 Å². The van der Waals surface area contributed by atoms with Crippen molar-refractivity contribution in [3.05, 3.63) is 71.3 Å². The van der Waals surface area contributed by atoms with E-state index in [1.165, 1.54) is 60.3 Å². The summed E-state index contributed by atoms with van der Waals surface area (Å²) in [7, 11) is 0. The predicted molar refractivity (Wildman–Crippen MR) is 130 cm³/mol. The monoisotopic (exact) mass is 499 g/mol. The smallest absolute Gasteiger partial charge is 0.335 e. The number of aromatic carboxylic acids is 1. The van der Waals surface area contributed by atoms with Crippen LogP contribution in [0.5, 0.6) is 0 Å². The fraction of sp³-hybridized carbons (Fsp3) is 0.292. The Morgan fingerprint density at radius 2 is 1.66 bits per heavy atom. The number of hydrogen-bond donors (Lipinski definition) is 3. The Morgan fingerprint density at radius 1 is 1.03 bits per heavy atom. The van der Waals surface area contributed by atoms with E-state index in [0.717, 1.165) is 0 Å². The van der Waals surface area contributed by atoms with Gasteiger partial charge in [-0.3, -0.25) is 9.59 Å². The molecule has 9 nitrogen and oxygen atoms in total. The largest absolute Gasteiger partial charge is 0.478 e. The van der Waals surface area contributed by atoms with E-state index in [-0.39, 0.29) is 29.0 Å². The lowest BCUT2D eigenvalue weighted by Crippen LogP contribution is -2.33. The maximum absolute atomic E-state index is 13.2. The minimum atomic E-state index is -1.04. The molecule has 1 atom stereocenters. The molecule has 2 amide bonds. The summed E-state index contributed by atoms with van der Waals surface area (Å²) in [6.45, 7) is 6.33. The van der Waals surface area contributed by atoms with E-state index in [9.17, 15) is 18.8 Å². The highest BCUT2D eigenvalue weighted by atomic mass is 32.2. The molecule has 11 heteroatoms. The lowest BCUT2D eigenvalue weighted by atomic mass is 10.0. The Labute approximate surface area is 206 Å². The second-order valence-electron chi connectivity index (χ2n) is 8.01. The van der Waals surface area contributed by atoms with E-state index in [0.29, 0.717) is 28.8 Å². The van der Waals surface area contributed by atoms with Crippen LogP contribution < -0.4 is 10.6 Å². The SMILES string of the molecule is CCn1c(SCC(=O)Nc2ccc(C(=O)O)cc2)nnc1[C@H](NC(=O)c1ccc(F)cc1)C(C)C. The van der Waals surface area contributed by atoms with Crippen LogP contribution in [-0.2, 0) is 11.3 Å². The lowest BCUT2D eigenvalue weighted by molar-refractivity contribution is -0.113. The van der Waals surface area contributed by atoms with Gasteiger partial charge in [-0.15, -0.1) is 10.2 Å². The number of thioether (sulfide) groups is 1. The van der Waals surface area contributed by atoms with E-state index in [1.54, 1.807) is 0 Å². The van der Waals surface area contributed by atoms with Crippen molar-refractivity contribution in [2.75, 3.05) is 11.1 Å². The summed E-state index contributed by atoms with van der Waals surface area (Å²) in [6, 6.07) is 10.7. The first-order valence-corrected chi connectivity index (χ1v) is 11.9. The van der Waals surface area contributed by atoms with Gasteiger partial charge in [0.15, 0.2) is 11.0 Å². The van der Waals surface area contributed by atoms with E-state index in [2.05, 4.69) is 20.8 Å². The molecular formula is C24H26FN5O4S. The van der Waals surface area contributed by atoms with Crippen LogP contribution in [0.1, 0.15) is 53.4 Å². The van der Waals surface area contributed by atoms with Crippen molar-refractivity contribution in [3.8, 4) is 0 Å². The quantitative estimate of drug-likeness (QED) is 0.360. The van der Waals surface area contributed by atoms with Crippen LogP contribution in [0, 0.1) is 11.7 Å². The second kappa shape index (κ2) is 11.6. The number of benzene rings is 2. The normalized spacial score (nSPS) is 11.8. The molecule has 0 fully saturated rings. The molecule has 0 bridgehead atoms. The number of carboxylic acids is 1. The Bertz CT molecular complexity index is 1200. The molecule has 184 valence electrons. The van der Waals surface area contributed by atoms with Crippen LogP contribution in [0.15, 0.2) is 53.7 Å². The fourth-order valence-corrected chi connectivity index (χ4v) is 4.12. The number of halogens is 1. The van der Waals surface area contributed by atoms with Gasteiger partial charge in [-0.05, 0) is 61.4 Å². The van der Waals surface area contributed by atoms with Gasteiger partial charge in [0.25, 0.3) is 5.91 Å². The average Bonchev–Trinajstić information content (AvgIpc) is 3.24. The highest BCUT2D eigenvalue weighted by Gasteiger charge is 2.26. The van der Waals surface area contributed by atoms with Gasteiger partial charge < -0.3 is 20.3 Å². The molecule has 0 aliphatic heterocycles. The van der Waals surface area contributed by atoms with Crippen LogP contribution in [0.25, 0.3) is 0 Å². The van der Waals surface area contributed by atoms with Crippen LogP contribution >= 0.6 is 11.8 Å². The third kappa shape index (κ3) is 6.66. The number of carbonyl (C=O) groups excluding carboxylic acids is 2. The van der Waals surface area contributed by atoms with Crippen LogP contribution in [0.2, 0.25) is 0 Å². The number of hydrogen-bond acceptors (Lipinski definition) is 6. The standard InChI is InChI=1S/C24H26FN5O4S/c1-4-30-21(20(14(2)3)27-22(32)15-5-9-17(25)10-6-15)28-29-24(30)35-13-19(31)26-18-11-7-16(8-12-18)23(33)34/h5-12,14,20H,4,13H2,1-3H3,(H,26,31)(H,27,32)(H,33,34)/t20-/m1/s1. The van der Waals surface area contributed by atoms with E-state index < -0.39 is 17.8 Å². The number of nitrogens with zero attached hydrogens (tertiary/aromatic N) is 3. The van der Waals surface area contributed by atoms with Gasteiger partial charge in [0, 0.05) is 17.8 Å². The molecule has 0 radical (unpaired) electrons. The molecule has 1 aromatic heterocycles. The number of anilines is 1. The zero-order chi connectivity index (χ0) is 25.5. The summed E-state index contributed by atoms with van der Waals surface area (Å²) < 4.78 is 15.0. The van der Waals surface area contributed by atoms with Crippen LogP contribution in [0.3, 0.4) is 0 Å². The minimum Gasteiger partial charge on any atom is -0.478 e. The minimum absolute atomic E-state index is 0.0104. The molecule has 3 aromatic rings. The number of amides is 2. The topological polar surface area (TPSA) is 126 Å². The van der Waals surface area contributed by atoms with E-state index >= 15 is 0 Å². The molecule has 0 saturated carbocycles. The number of carboxylic acid groups (broad SMARTS) is 1. The summed E-state index contributed by atoms with van der Waals surface area (Å²) in [5.41, 5.74) is 0.955. The molecule has 2 aromatic carbocycles. The van der Waals surface area contributed by atoms with Crippen molar-refractivity contribution in [1.29, 1.82) is 0 Å². The molecule has 0 unspecified atom stereocenters. The molecule has 1 heterocycles. The first kappa shape index (κ1) is 25.9. The number of carbonyl (C=O) groups is 3. The lowest BCUT2D eigenvalue weighted by Gasteiger charge is -2.22. The zero-order valence-electron chi connectivity index (χ0n) is 19.5. The van der Waals surface area contributed by atoms with Gasteiger partial charge in [0.05, 0.1) is 17.4 Å². The van der Waals surface area contributed by atoms with Crippen LogP contribution in [0.4, 0.5) is 10.1 Å². The zero-order valence-corrected chi connectivity index (χ0v) is 20.3. The Balaban J connectivity index is 1.68. The van der Waals surface area contributed by atoms with Gasteiger partial charge in [-0.1, -0.05) is 25.6 Å². The maximum atomic E-state index is 13.2. The third-order valence-electron chi connectivity index (χ3n) is 5.15. The molecule has 3 rings (SSSR count). The van der Waals surface area contributed by atoms with Crippen molar-refractivity contribution in [1.82, 2.24) is 20.1 Å². The summed E-state index contributed by atoms with van der Waals surface area (Å²) in [5.74, 6) is -1.48. The Kier molecular flexibility index (Phi) is 8.58. The molecule has 35 heavy (non-hydrogen) atoms. The van der Waals surface area contributed by atoms with Crippen molar-refractivity contribution < 1.29 is 23.9 Å². The average molecular weight is 500 g/mol. The van der Waals surface area contributed by atoms with Crippen molar-refractivity contribution >= 4 is 35.2 Å². The number of rotatable bonds is 10. The second-order valence-corrected chi connectivity index (χ2v) is 8.95. The first-order valence-electron chi connectivity index (χ1n) is 10.9. The van der Waals surface area contributed by atoms with Crippen LogP contribution in [-0.4, -0.2) is 43.4 Å². The van der Waals surface area contributed by atoms with E-state index in [4.69, 9.17) is 5.11 Å². The molecule has 0 spiro atoms. The molecule has 0 aliphatic rings. The highest BCUT2D eigenvalue weighted by molar-refractivity contribution is 7.99. The highest BCUT2D eigenvalue weighted by Crippen LogP contribution is 2.26. The van der Waals surface area contributed by atoms with Crippen molar-refractivity contribution in [2.45, 2.75) is 38.5 Å². The summed E-state index contributed by atoms with van der Waals surface area (Å²) in [5, 5.41) is 23.7. The van der Waals surface area contributed by atoms with Crippen molar-refractivity contribution in [2.24, 2.45) is 5.92 Å². The molecule has 0 saturated heterocycles. The predicted octanol–water partition coefficient (Wildman–Crippen LogP) is 3.99. The third-order valence-corrected chi connectivity index (χ3v) is 6.11. The van der Waals surface area contributed by atoms with Gasteiger partial charge in [0.1, 0.15) is 5.82 Å². The Morgan fingerprint density at radius 3 is 2.23 bits per heavy atom.